The van der Waals surface area contributed by atoms with E-state index in [2.05, 4.69) is 20.6 Å². The zero-order valence-electron chi connectivity index (χ0n) is 17.9. The van der Waals surface area contributed by atoms with Crippen LogP contribution in [-0.4, -0.2) is 25.8 Å². The zero-order valence-corrected chi connectivity index (χ0v) is 18.7. The van der Waals surface area contributed by atoms with Crippen molar-refractivity contribution >= 4 is 34.1 Å². The number of anilines is 1. The van der Waals surface area contributed by atoms with Gasteiger partial charge in [-0.3, -0.25) is 9.48 Å². The van der Waals surface area contributed by atoms with Crippen LogP contribution in [0.15, 0.2) is 51.0 Å². The van der Waals surface area contributed by atoms with Gasteiger partial charge in [0.2, 0.25) is 0 Å². The number of pyridine rings is 1. The number of benzene rings is 1. The molecule has 0 amide bonds. The summed E-state index contributed by atoms with van der Waals surface area (Å²) in [5.74, 6) is -0.485. The van der Waals surface area contributed by atoms with Gasteiger partial charge < -0.3 is 20.7 Å². The molecule has 33 heavy (non-hydrogen) atoms. The number of rotatable bonds is 5. The van der Waals surface area contributed by atoms with Crippen LogP contribution in [-0.2, 0) is 7.05 Å². The third-order valence-electron chi connectivity index (χ3n) is 5.23. The van der Waals surface area contributed by atoms with Crippen molar-refractivity contribution in [3.8, 4) is 11.3 Å². The van der Waals surface area contributed by atoms with Crippen molar-refractivity contribution in [1.82, 2.24) is 14.8 Å². The maximum atomic E-state index is 14.5. The highest BCUT2D eigenvalue weighted by Crippen LogP contribution is 2.32. The summed E-state index contributed by atoms with van der Waals surface area (Å²) in [6.07, 6.45) is 3.31. The monoisotopic (exact) mass is 470 g/mol. The number of aromatic nitrogens is 3. The van der Waals surface area contributed by atoms with Crippen LogP contribution in [0, 0.1) is 12.7 Å². The van der Waals surface area contributed by atoms with Crippen LogP contribution in [0.4, 0.5) is 10.1 Å². The Morgan fingerprint density at radius 1 is 1.39 bits per heavy atom. The van der Waals surface area contributed by atoms with Crippen molar-refractivity contribution < 1.29 is 14.0 Å². The van der Waals surface area contributed by atoms with Crippen LogP contribution in [0.3, 0.4) is 0 Å². The highest BCUT2D eigenvalue weighted by molar-refractivity contribution is 6.29. The number of nitrogens with two attached hydrogens (primary N) is 1. The summed E-state index contributed by atoms with van der Waals surface area (Å²) in [7, 11) is 1.75. The molecule has 170 valence electrons. The SMILES string of the molecule is Cc1c(-c2cnn(C)c2)oc2c(C(C)Nc3ccc(Cl)nc3C(N)=NO)cc(F)cc2c1=O. The number of fused-ring (bicyclic) bond motifs is 1. The number of hydrogen-bond acceptors (Lipinski definition) is 7. The number of nitrogens with one attached hydrogen (secondary N) is 1. The second-order valence-corrected chi connectivity index (χ2v) is 7.93. The van der Waals surface area contributed by atoms with Crippen LogP contribution >= 0.6 is 11.6 Å². The van der Waals surface area contributed by atoms with Crippen LogP contribution in [0.25, 0.3) is 22.3 Å². The Kier molecular flexibility index (Phi) is 5.77. The Hall–Kier alpha value is -3.92. The van der Waals surface area contributed by atoms with Gasteiger partial charge in [-0.05, 0) is 38.1 Å². The molecule has 1 unspecified atom stereocenters. The summed E-state index contributed by atoms with van der Waals surface area (Å²) in [6.45, 7) is 3.38. The summed E-state index contributed by atoms with van der Waals surface area (Å²) in [6, 6.07) is 5.01. The molecule has 0 aliphatic rings. The Morgan fingerprint density at radius 3 is 2.82 bits per heavy atom. The quantitative estimate of drug-likeness (QED) is 0.132. The smallest absolute Gasteiger partial charge is 0.196 e. The lowest BCUT2D eigenvalue weighted by molar-refractivity contribution is 0.318. The van der Waals surface area contributed by atoms with Gasteiger partial charge in [0, 0.05) is 24.4 Å². The average Bonchev–Trinajstić information content (AvgIpc) is 3.22. The summed E-state index contributed by atoms with van der Waals surface area (Å²) < 4.78 is 22.3. The first-order valence-electron chi connectivity index (χ1n) is 9.86. The highest BCUT2D eigenvalue weighted by atomic mass is 35.5. The molecule has 11 heteroatoms. The van der Waals surface area contributed by atoms with E-state index in [0.29, 0.717) is 28.1 Å². The van der Waals surface area contributed by atoms with Crippen LogP contribution in [0.1, 0.15) is 29.8 Å². The van der Waals surface area contributed by atoms with Gasteiger partial charge in [0.15, 0.2) is 11.3 Å². The van der Waals surface area contributed by atoms with Crippen molar-refractivity contribution in [2.75, 3.05) is 5.32 Å². The lowest BCUT2D eigenvalue weighted by Crippen LogP contribution is -2.19. The summed E-state index contributed by atoms with van der Waals surface area (Å²) in [5, 5.41) is 19.6. The first-order chi connectivity index (χ1) is 15.7. The highest BCUT2D eigenvalue weighted by Gasteiger charge is 2.21. The average molecular weight is 471 g/mol. The van der Waals surface area contributed by atoms with E-state index in [4.69, 9.17) is 27.0 Å². The number of oxime groups is 1. The van der Waals surface area contributed by atoms with Crippen molar-refractivity contribution in [2.24, 2.45) is 17.9 Å². The molecule has 0 bridgehead atoms. The maximum Gasteiger partial charge on any atom is 0.196 e. The minimum atomic E-state index is -0.585. The summed E-state index contributed by atoms with van der Waals surface area (Å²) in [4.78, 5) is 17.2. The second-order valence-electron chi connectivity index (χ2n) is 7.54. The molecule has 4 aromatic rings. The van der Waals surface area contributed by atoms with E-state index in [-0.39, 0.29) is 33.1 Å². The predicted molar refractivity (Wildman–Crippen MR) is 123 cm³/mol. The van der Waals surface area contributed by atoms with Gasteiger partial charge in [-0.1, -0.05) is 16.8 Å². The van der Waals surface area contributed by atoms with Gasteiger partial charge in [0.25, 0.3) is 0 Å². The minimum Gasteiger partial charge on any atom is -0.455 e. The molecule has 3 aromatic heterocycles. The van der Waals surface area contributed by atoms with Crippen molar-refractivity contribution in [1.29, 1.82) is 0 Å². The van der Waals surface area contributed by atoms with Gasteiger partial charge in [-0.25, -0.2) is 9.37 Å². The normalized spacial score (nSPS) is 12.8. The fourth-order valence-corrected chi connectivity index (χ4v) is 3.77. The largest absolute Gasteiger partial charge is 0.455 e. The van der Waals surface area contributed by atoms with Gasteiger partial charge in [-0.2, -0.15) is 5.10 Å². The molecule has 9 nitrogen and oxygen atoms in total. The third-order valence-corrected chi connectivity index (χ3v) is 5.44. The molecule has 0 saturated heterocycles. The topological polar surface area (TPSA) is 132 Å². The number of aryl methyl sites for hydroxylation is 1. The number of nitrogens with zero attached hydrogens (tertiary/aromatic N) is 4. The number of halogens is 2. The summed E-state index contributed by atoms with van der Waals surface area (Å²) >= 11 is 5.94. The van der Waals surface area contributed by atoms with E-state index in [0.717, 1.165) is 6.07 Å². The molecule has 0 aliphatic heterocycles. The fourth-order valence-electron chi connectivity index (χ4n) is 3.62. The van der Waals surface area contributed by atoms with Crippen LogP contribution in [0.5, 0.6) is 0 Å². The number of amidine groups is 1. The fraction of sp³-hybridized carbons (Fsp3) is 0.182. The van der Waals surface area contributed by atoms with E-state index < -0.39 is 11.9 Å². The Balaban J connectivity index is 1.88. The molecule has 1 atom stereocenters. The van der Waals surface area contributed by atoms with E-state index in [1.165, 1.54) is 12.1 Å². The molecule has 4 N–H and O–H groups in total. The Bertz CT molecular complexity index is 1460. The second kappa shape index (κ2) is 8.55. The Morgan fingerprint density at radius 2 is 2.15 bits per heavy atom. The van der Waals surface area contributed by atoms with E-state index in [9.17, 15) is 9.18 Å². The van der Waals surface area contributed by atoms with Crippen molar-refractivity contribution in [3.63, 3.8) is 0 Å². The first-order valence-corrected chi connectivity index (χ1v) is 10.2. The van der Waals surface area contributed by atoms with E-state index in [1.54, 1.807) is 44.0 Å². The molecular weight excluding hydrogens is 451 g/mol. The van der Waals surface area contributed by atoms with Gasteiger partial charge >= 0.3 is 0 Å². The van der Waals surface area contributed by atoms with E-state index >= 15 is 0 Å². The summed E-state index contributed by atoms with van der Waals surface area (Å²) in [5.41, 5.74) is 7.50. The van der Waals surface area contributed by atoms with Crippen molar-refractivity contribution in [2.45, 2.75) is 19.9 Å². The van der Waals surface area contributed by atoms with Gasteiger partial charge in [-0.15, -0.1) is 0 Å². The molecule has 0 fully saturated rings. The minimum absolute atomic E-state index is 0.117. The molecule has 0 radical (unpaired) electrons. The number of hydrogen-bond donors (Lipinski definition) is 3. The van der Waals surface area contributed by atoms with Crippen LogP contribution in [0.2, 0.25) is 5.15 Å². The maximum absolute atomic E-state index is 14.5. The first kappa shape index (κ1) is 22.3. The lowest BCUT2D eigenvalue weighted by Gasteiger charge is -2.19. The Labute approximate surface area is 192 Å². The van der Waals surface area contributed by atoms with Gasteiger partial charge in [0.05, 0.1) is 28.9 Å². The third kappa shape index (κ3) is 4.12. The molecule has 4 rings (SSSR count). The molecule has 3 heterocycles. The van der Waals surface area contributed by atoms with E-state index in [1.807, 2.05) is 0 Å². The molecule has 0 saturated carbocycles. The van der Waals surface area contributed by atoms with Crippen LogP contribution < -0.4 is 16.5 Å². The zero-order chi connectivity index (χ0) is 23.9. The predicted octanol–water partition coefficient (Wildman–Crippen LogP) is 3.96. The molecular formula is C22H20ClFN6O3. The standard InChI is InChI=1S/C22H20ClFN6O3/c1-10-19(31)15-7-13(24)6-14(21(15)33-20(10)12-8-26-30(3)9-12)11(2)27-16-4-5-17(23)28-18(16)22(25)29-32/h4-9,11,27,32H,1-3H3,(H2,25,29). The van der Waals surface area contributed by atoms with Crippen molar-refractivity contribution in [3.05, 3.63) is 74.7 Å². The molecule has 0 spiro atoms. The molecule has 0 aliphatic carbocycles. The molecule has 1 aromatic carbocycles. The lowest BCUT2D eigenvalue weighted by atomic mass is 10.0. The van der Waals surface area contributed by atoms with Gasteiger partial charge in [0.1, 0.15) is 28.0 Å².